The van der Waals surface area contributed by atoms with Gasteiger partial charge in [-0.05, 0) is 43.4 Å². The van der Waals surface area contributed by atoms with Gasteiger partial charge in [-0.3, -0.25) is 4.79 Å². The zero-order valence-corrected chi connectivity index (χ0v) is 13.9. The summed E-state index contributed by atoms with van der Waals surface area (Å²) in [5.74, 6) is 0.920. The van der Waals surface area contributed by atoms with Gasteiger partial charge in [0.1, 0.15) is 5.75 Å². The van der Waals surface area contributed by atoms with E-state index in [1.54, 1.807) is 7.11 Å². The summed E-state index contributed by atoms with van der Waals surface area (Å²) in [6.45, 7) is 3.34. The number of carbonyl (C=O) groups is 1. The van der Waals surface area contributed by atoms with E-state index in [2.05, 4.69) is 5.32 Å². The van der Waals surface area contributed by atoms with E-state index in [1.165, 1.54) is 0 Å². The Morgan fingerprint density at radius 3 is 2.45 bits per heavy atom. The van der Waals surface area contributed by atoms with Crippen LogP contribution >= 0.6 is 12.4 Å². The Kier molecular flexibility index (Phi) is 7.65. The molecular formula is C16H25ClN2O3. The highest BCUT2D eigenvalue weighted by molar-refractivity contribution is 5.85. The highest BCUT2D eigenvalue weighted by atomic mass is 35.5. The maximum absolute atomic E-state index is 12.2. The summed E-state index contributed by atoms with van der Waals surface area (Å²) < 4.78 is 10.4. The summed E-state index contributed by atoms with van der Waals surface area (Å²) in [7, 11) is 1.63. The Hall–Kier alpha value is -1.30. The van der Waals surface area contributed by atoms with E-state index < -0.39 is 6.04 Å². The van der Waals surface area contributed by atoms with Crippen LogP contribution in [-0.4, -0.2) is 32.3 Å². The molecule has 3 N–H and O–H groups in total. The number of rotatable bonds is 5. The lowest BCUT2D eigenvalue weighted by molar-refractivity contribution is -0.125. The van der Waals surface area contributed by atoms with Crippen molar-refractivity contribution < 1.29 is 14.3 Å². The van der Waals surface area contributed by atoms with Crippen molar-refractivity contribution in [2.24, 2.45) is 11.7 Å². The van der Waals surface area contributed by atoms with E-state index in [0.29, 0.717) is 13.2 Å². The van der Waals surface area contributed by atoms with Gasteiger partial charge in [0.05, 0.1) is 19.2 Å². The molecule has 1 heterocycles. The molecule has 2 atom stereocenters. The predicted molar refractivity (Wildman–Crippen MR) is 88.3 cm³/mol. The van der Waals surface area contributed by atoms with Crippen LogP contribution in [0.15, 0.2) is 24.3 Å². The number of ether oxygens (including phenoxy) is 2. The molecular weight excluding hydrogens is 304 g/mol. The first kappa shape index (κ1) is 18.7. The van der Waals surface area contributed by atoms with Crippen LogP contribution in [0.5, 0.6) is 5.75 Å². The third-order valence-corrected chi connectivity index (χ3v) is 4.05. The summed E-state index contributed by atoms with van der Waals surface area (Å²) in [5, 5.41) is 2.99. The fourth-order valence-corrected chi connectivity index (χ4v) is 2.57. The standard InChI is InChI=1S/C16H24N2O3.ClH/c1-11(12-3-5-14(20-2)6-4-12)18-16(19)15(17)13-7-9-21-10-8-13;/h3-6,11,13,15H,7-10,17H2,1-2H3,(H,18,19);1H. The Labute approximate surface area is 138 Å². The number of halogens is 1. The number of carbonyl (C=O) groups excluding carboxylic acids is 1. The summed E-state index contributed by atoms with van der Waals surface area (Å²) in [5.41, 5.74) is 7.11. The van der Waals surface area contributed by atoms with Gasteiger partial charge in [-0.25, -0.2) is 0 Å². The van der Waals surface area contributed by atoms with Crippen LogP contribution in [-0.2, 0) is 9.53 Å². The molecule has 1 aliphatic rings. The lowest BCUT2D eigenvalue weighted by Gasteiger charge is -2.28. The first-order valence-electron chi connectivity index (χ1n) is 7.39. The molecule has 2 unspecified atom stereocenters. The number of methoxy groups -OCH3 is 1. The first-order chi connectivity index (χ1) is 10.1. The summed E-state index contributed by atoms with van der Waals surface area (Å²) in [6.07, 6.45) is 1.71. The minimum Gasteiger partial charge on any atom is -0.497 e. The highest BCUT2D eigenvalue weighted by Crippen LogP contribution is 2.20. The molecule has 2 rings (SSSR count). The molecule has 0 aromatic heterocycles. The smallest absolute Gasteiger partial charge is 0.237 e. The largest absolute Gasteiger partial charge is 0.497 e. The van der Waals surface area contributed by atoms with Gasteiger partial charge in [0.25, 0.3) is 0 Å². The van der Waals surface area contributed by atoms with E-state index in [0.717, 1.165) is 24.2 Å². The van der Waals surface area contributed by atoms with Crippen molar-refractivity contribution in [3.05, 3.63) is 29.8 Å². The molecule has 0 aliphatic carbocycles. The van der Waals surface area contributed by atoms with E-state index in [-0.39, 0.29) is 30.3 Å². The molecule has 22 heavy (non-hydrogen) atoms. The molecule has 124 valence electrons. The van der Waals surface area contributed by atoms with E-state index >= 15 is 0 Å². The molecule has 1 saturated heterocycles. The van der Waals surface area contributed by atoms with Crippen molar-refractivity contribution in [2.75, 3.05) is 20.3 Å². The molecule has 1 aliphatic heterocycles. The van der Waals surface area contributed by atoms with Crippen LogP contribution in [0.2, 0.25) is 0 Å². The third kappa shape index (κ3) is 4.87. The van der Waals surface area contributed by atoms with Crippen LogP contribution < -0.4 is 15.8 Å². The molecule has 0 spiro atoms. The van der Waals surface area contributed by atoms with Crippen molar-refractivity contribution >= 4 is 18.3 Å². The van der Waals surface area contributed by atoms with Crippen molar-refractivity contribution in [1.29, 1.82) is 0 Å². The quantitative estimate of drug-likeness (QED) is 0.867. The molecule has 1 aromatic rings. The van der Waals surface area contributed by atoms with Gasteiger partial charge in [0, 0.05) is 13.2 Å². The molecule has 6 heteroatoms. The highest BCUT2D eigenvalue weighted by Gasteiger charge is 2.27. The van der Waals surface area contributed by atoms with Crippen LogP contribution in [0, 0.1) is 5.92 Å². The fraction of sp³-hybridized carbons (Fsp3) is 0.562. The number of amides is 1. The Morgan fingerprint density at radius 2 is 1.91 bits per heavy atom. The molecule has 0 bridgehead atoms. The summed E-state index contributed by atoms with van der Waals surface area (Å²) in [4.78, 5) is 12.2. The second-order valence-corrected chi connectivity index (χ2v) is 5.48. The lowest BCUT2D eigenvalue weighted by Crippen LogP contribution is -2.47. The zero-order valence-electron chi connectivity index (χ0n) is 13.1. The van der Waals surface area contributed by atoms with Crippen LogP contribution in [0.25, 0.3) is 0 Å². The molecule has 1 aromatic carbocycles. The second kappa shape index (κ2) is 8.98. The number of nitrogens with one attached hydrogen (secondary N) is 1. The SMILES string of the molecule is COc1ccc(C(C)NC(=O)C(N)C2CCOCC2)cc1.Cl. The minimum absolute atomic E-state index is 0. The zero-order chi connectivity index (χ0) is 15.2. The molecule has 0 saturated carbocycles. The first-order valence-corrected chi connectivity index (χ1v) is 7.39. The van der Waals surface area contributed by atoms with Crippen molar-refractivity contribution in [1.82, 2.24) is 5.32 Å². The van der Waals surface area contributed by atoms with Gasteiger partial charge in [0.2, 0.25) is 5.91 Å². The van der Waals surface area contributed by atoms with Gasteiger partial charge < -0.3 is 20.5 Å². The minimum atomic E-state index is -0.463. The van der Waals surface area contributed by atoms with Crippen molar-refractivity contribution in [2.45, 2.75) is 31.8 Å². The van der Waals surface area contributed by atoms with Gasteiger partial charge in [-0.2, -0.15) is 0 Å². The van der Waals surface area contributed by atoms with E-state index in [4.69, 9.17) is 15.2 Å². The summed E-state index contributed by atoms with van der Waals surface area (Å²) >= 11 is 0. The van der Waals surface area contributed by atoms with Gasteiger partial charge in [-0.1, -0.05) is 12.1 Å². The van der Waals surface area contributed by atoms with Gasteiger partial charge in [0.15, 0.2) is 0 Å². The number of benzene rings is 1. The maximum Gasteiger partial charge on any atom is 0.237 e. The van der Waals surface area contributed by atoms with E-state index in [1.807, 2.05) is 31.2 Å². The third-order valence-electron chi connectivity index (χ3n) is 4.05. The fourth-order valence-electron chi connectivity index (χ4n) is 2.57. The van der Waals surface area contributed by atoms with Crippen molar-refractivity contribution in [3.8, 4) is 5.75 Å². The average Bonchev–Trinajstić information content (AvgIpc) is 2.55. The average molecular weight is 329 g/mol. The Balaban J connectivity index is 0.00000242. The Morgan fingerprint density at radius 1 is 1.32 bits per heavy atom. The summed E-state index contributed by atoms with van der Waals surface area (Å²) in [6, 6.07) is 7.13. The molecule has 5 nitrogen and oxygen atoms in total. The monoisotopic (exact) mass is 328 g/mol. The number of hydrogen-bond donors (Lipinski definition) is 2. The van der Waals surface area contributed by atoms with Crippen molar-refractivity contribution in [3.63, 3.8) is 0 Å². The van der Waals surface area contributed by atoms with Gasteiger partial charge >= 0.3 is 0 Å². The Bertz CT molecular complexity index is 461. The number of nitrogens with two attached hydrogens (primary N) is 1. The van der Waals surface area contributed by atoms with Gasteiger partial charge in [-0.15, -0.1) is 12.4 Å². The number of hydrogen-bond acceptors (Lipinski definition) is 4. The lowest BCUT2D eigenvalue weighted by atomic mass is 9.91. The predicted octanol–water partition coefficient (Wildman–Crippen LogP) is 2.05. The second-order valence-electron chi connectivity index (χ2n) is 5.48. The normalized spacial score (nSPS) is 18.0. The van der Waals surface area contributed by atoms with Crippen LogP contribution in [0.3, 0.4) is 0 Å². The van der Waals surface area contributed by atoms with E-state index in [9.17, 15) is 4.79 Å². The topological polar surface area (TPSA) is 73.6 Å². The molecule has 1 amide bonds. The van der Waals surface area contributed by atoms with Crippen LogP contribution in [0.1, 0.15) is 31.4 Å². The molecule has 1 fully saturated rings. The molecule has 0 radical (unpaired) electrons. The maximum atomic E-state index is 12.2. The van der Waals surface area contributed by atoms with Crippen LogP contribution in [0.4, 0.5) is 0 Å².